The number of benzene rings is 1. The maximum absolute atomic E-state index is 5.50. The molecule has 0 bridgehead atoms. The van der Waals surface area contributed by atoms with Crippen LogP contribution in [0, 0.1) is 18.3 Å². The Hall–Kier alpha value is -1.02. The average Bonchev–Trinajstić information content (AvgIpc) is 2.26. The molecule has 1 aromatic carbocycles. The van der Waals surface area contributed by atoms with Crippen molar-refractivity contribution in [2.75, 3.05) is 20.2 Å². The summed E-state index contributed by atoms with van der Waals surface area (Å²) < 4.78 is 5.50. The molecule has 0 atom stereocenters. The Morgan fingerprint density at radius 2 is 2.06 bits per heavy atom. The van der Waals surface area contributed by atoms with Crippen molar-refractivity contribution in [1.82, 2.24) is 5.32 Å². The number of hydrogen-bond donors (Lipinski definition) is 1. The minimum absolute atomic E-state index is 0.440. The molecule has 1 heterocycles. The molecular weight excluding hydrogens is 222 g/mol. The van der Waals surface area contributed by atoms with Crippen LogP contribution in [0.4, 0.5) is 0 Å². The highest BCUT2D eigenvalue weighted by molar-refractivity contribution is 5.38. The molecule has 0 amide bonds. The van der Waals surface area contributed by atoms with Gasteiger partial charge in [0.25, 0.3) is 0 Å². The van der Waals surface area contributed by atoms with Crippen molar-refractivity contribution >= 4 is 0 Å². The quantitative estimate of drug-likeness (QED) is 0.863. The molecule has 1 aromatic rings. The van der Waals surface area contributed by atoms with Gasteiger partial charge in [0.05, 0.1) is 7.11 Å². The van der Waals surface area contributed by atoms with Crippen LogP contribution in [-0.4, -0.2) is 20.2 Å². The highest BCUT2D eigenvalue weighted by Gasteiger charge is 2.37. The molecule has 100 valence electrons. The smallest absolute Gasteiger partial charge is 0.122 e. The van der Waals surface area contributed by atoms with Crippen LogP contribution in [0.1, 0.15) is 31.4 Å². The second-order valence-electron chi connectivity index (χ2n) is 6.19. The average molecular weight is 247 g/mol. The van der Waals surface area contributed by atoms with Gasteiger partial charge in [0, 0.05) is 13.1 Å². The molecule has 1 aliphatic heterocycles. The third kappa shape index (κ3) is 2.86. The highest BCUT2D eigenvalue weighted by atomic mass is 16.5. The molecule has 2 nitrogen and oxygen atoms in total. The number of aryl methyl sites for hydroxylation is 1. The van der Waals surface area contributed by atoms with Crippen molar-refractivity contribution in [3.8, 4) is 5.75 Å². The Bertz CT molecular complexity index is 408. The van der Waals surface area contributed by atoms with Gasteiger partial charge in [0.15, 0.2) is 0 Å². The van der Waals surface area contributed by atoms with Gasteiger partial charge in [0.2, 0.25) is 0 Å². The molecule has 2 heteroatoms. The second-order valence-corrected chi connectivity index (χ2v) is 6.19. The van der Waals surface area contributed by atoms with Crippen LogP contribution in [0.15, 0.2) is 18.2 Å². The van der Waals surface area contributed by atoms with Crippen molar-refractivity contribution in [1.29, 1.82) is 0 Å². The van der Waals surface area contributed by atoms with E-state index in [4.69, 9.17) is 4.74 Å². The normalized spacial score (nSPS) is 17.6. The summed E-state index contributed by atoms with van der Waals surface area (Å²) in [6.07, 6.45) is 2.42. The van der Waals surface area contributed by atoms with Gasteiger partial charge in [-0.3, -0.25) is 0 Å². The van der Waals surface area contributed by atoms with Crippen molar-refractivity contribution < 1.29 is 4.74 Å². The predicted molar refractivity (Wildman–Crippen MR) is 76.2 cm³/mol. The minimum atomic E-state index is 0.440. The van der Waals surface area contributed by atoms with E-state index >= 15 is 0 Å². The third-order valence-electron chi connectivity index (χ3n) is 3.84. The molecule has 0 spiro atoms. The molecule has 1 saturated heterocycles. The Kier molecular flexibility index (Phi) is 3.96. The van der Waals surface area contributed by atoms with Crippen LogP contribution in [0.3, 0.4) is 0 Å². The lowest BCUT2D eigenvalue weighted by molar-refractivity contribution is 0.130. The lowest BCUT2D eigenvalue weighted by Gasteiger charge is -2.44. The molecule has 1 fully saturated rings. The molecule has 0 unspecified atom stereocenters. The highest BCUT2D eigenvalue weighted by Crippen LogP contribution is 2.37. The van der Waals surface area contributed by atoms with Gasteiger partial charge in [0.1, 0.15) is 5.75 Å². The fourth-order valence-electron chi connectivity index (χ4n) is 3.14. The Morgan fingerprint density at radius 1 is 1.33 bits per heavy atom. The van der Waals surface area contributed by atoms with Crippen molar-refractivity contribution in [3.63, 3.8) is 0 Å². The van der Waals surface area contributed by atoms with Crippen LogP contribution in [0.5, 0.6) is 5.75 Å². The van der Waals surface area contributed by atoms with E-state index < -0.39 is 0 Å². The summed E-state index contributed by atoms with van der Waals surface area (Å²) in [5, 5.41) is 3.44. The summed E-state index contributed by atoms with van der Waals surface area (Å²) >= 11 is 0. The van der Waals surface area contributed by atoms with Gasteiger partial charge < -0.3 is 10.1 Å². The van der Waals surface area contributed by atoms with Gasteiger partial charge in [-0.25, -0.2) is 0 Å². The molecular formula is C16H25NO. The third-order valence-corrected chi connectivity index (χ3v) is 3.84. The fraction of sp³-hybridized carbons (Fsp3) is 0.625. The summed E-state index contributed by atoms with van der Waals surface area (Å²) in [7, 11) is 1.77. The molecule has 1 N–H and O–H groups in total. The van der Waals surface area contributed by atoms with Crippen LogP contribution in [0.25, 0.3) is 0 Å². The minimum Gasteiger partial charge on any atom is -0.496 e. The molecule has 1 aliphatic rings. The molecule has 0 aliphatic carbocycles. The summed E-state index contributed by atoms with van der Waals surface area (Å²) in [5.74, 6) is 1.79. The van der Waals surface area contributed by atoms with Crippen LogP contribution in [0.2, 0.25) is 0 Å². The maximum atomic E-state index is 5.50. The van der Waals surface area contributed by atoms with Crippen LogP contribution >= 0.6 is 0 Å². The Labute approximate surface area is 111 Å². The largest absolute Gasteiger partial charge is 0.496 e. The number of methoxy groups -OCH3 is 1. The van der Waals surface area contributed by atoms with Crippen molar-refractivity contribution in [2.45, 2.75) is 33.6 Å². The van der Waals surface area contributed by atoms with Gasteiger partial charge in [-0.1, -0.05) is 31.5 Å². The monoisotopic (exact) mass is 247 g/mol. The maximum Gasteiger partial charge on any atom is 0.122 e. The van der Waals surface area contributed by atoms with E-state index in [0.29, 0.717) is 5.41 Å². The van der Waals surface area contributed by atoms with E-state index in [1.54, 1.807) is 7.11 Å². The zero-order chi connectivity index (χ0) is 13.2. The van der Waals surface area contributed by atoms with Crippen LogP contribution < -0.4 is 10.1 Å². The van der Waals surface area contributed by atoms with E-state index in [0.717, 1.165) is 31.2 Å². The van der Waals surface area contributed by atoms with Crippen molar-refractivity contribution in [3.05, 3.63) is 29.3 Å². The Morgan fingerprint density at radius 3 is 2.56 bits per heavy atom. The predicted octanol–water partition coefficient (Wildman–Crippen LogP) is 3.18. The van der Waals surface area contributed by atoms with Gasteiger partial charge in [-0.2, -0.15) is 0 Å². The van der Waals surface area contributed by atoms with Gasteiger partial charge in [-0.15, -0.1) is 0 Å². The first-order chi connectivity index (χ1) is 8.54. The van der Waals surface area contributed by atoms with E-state index in [9.17, 15) is 0 Å². The zero-order valence-electron chi connectivity index (χ0n) is 12.0. The molecule has 2 rings (SSSR count). The fourth-order valence-corrected chi connectivity index (χ4v) is 3.14. The lowest BCUT2D eigenvalue weighted by Crippen LogP contribution is -2.55. The molecule has 18 heavy (non-hydrogen) atoms. The second kappa shape index (κ2) is 5.31. The van der Waals surface area contributed by atoms with Crippen molar-refractivity contribution in [2.24, 2.45) is 11.3 Å². The first-order valence-corrected chi connectivity index (χ1v) is 6.89. The first-order valence-electron chi connectivity index (χ1n) is 6.89. The number of hydrogen-bond acceptors (Lipinski definition) is 2. The number of ether oxygens (including phenoxy) is 1. The summed E-state index contributed by atoms with van der Waals surface area (Å²) in [6, 6.07) is 6.50. The lowest BCUT2D eigenvalue weighted by atomic mass is 9.71. The molecule has 0 aromatic heterocycles. The Balaban J connectivity index is 2.19. The number of nitrogens with one attached hydrogen (secondary N) is 1. The van der Waals surface area contributed by atoms with Gasteiger partial charge in [-0.05, 0) is 42.7 Å². The number of rotatable bonds is 5. The van der Waals surface area contributed by atoms with Crippen LogP contribution in [-0.2, 0) is 6.42 Å². The van der Waals surface area contributed by atoms with E-state index in [-0.39, 0.29) is 0 Å². The van der Waals surface area contributed by atoms with E-state index in [2.05, 4.69) is 44.3 Å². The zero-order valence-corrected chi connectivity index (χ0v) is 12.0. The van der Waals surface area contributed by atoms with E-state index in [1.165, 1.54) is 17.5 Å². The summed E-state index contributed by atoms with van der Waals surface area (Å²) in [5.41, 5.74) is 3.12. The SMILES string of the molecule is COc1ccc(C)cc1CC1(CC(C)C)CNC1. The van der Waals surface area contributed by atoms with Gasteiger partial charge >= 0.3 is 0 Å². The first kappa shape index (κ1) is 13.4. The topological polar surface area (TPSA) is 21.3 Å². The summed E-state index contributed by atoms with van der Waals surface area (Å²) in [4.78, 5) is 0. The standard InChI is InChI=1S/C16H25NO/c1-12(2)8-16(10-17-11-16)9-14-7-13(3)5-6-15(14)18-4/h5-7,12,17H,8-11H2,1-4H3. The summed E-state index contributed by atoms with van der Waals surface area (Å²) in [6.45, 7) is 9.06. The molecule has 0 radical (unpaired) electrons. The molecule has 0 saturated carbocycles. The van der Waals surface area contributed by atoms with E-state index in [1.807, 2.05) is 0 Å².